The number of nitrogens with two attached hydrogens (primary N) is 1. The van der Waals surface area contributed by atoms with Crippen LogP contribution in [0.4, 0.5) is 5.69 Å². The highest BCUT2D eigenvalue weighted by Crippen LogP contribution is 2.36. The number of nitrogens with zero attached hydrogens (tertiary/aromatic N) is 2. The van der Waals surface area contributed by atoms with Gasteiger partial charge in [-0.25, -0.2) is 0 Å². The van der Waals surface area contributed by atoms with E-state index in [1.54, 1.807) is 0 Å². The number of H-pyrrole nitrogens is 1. The first-order chi connectivity index (χ1) is 8.79. The van der Waals surface area contributed by atoms with Crippen LogP contribution in [0.3, 0.4) is 0 Å². The van der Waals surface area contributed by atoms with Crippen molar-refractivity contribution < 1.29 is 18.1 Å². The van der Waals surface area contributed by atoms with Crippen LogP contribution in [-0.4, -0.2) is 28.2 Å². The van der Waals surface area contributed by atoms with Crippen LogP contribution in [0.2, 0.25) is 0 Å². The van der Waals surface area contributed by atoms with E-state index in [4.69, 9.17) is 10.3 Å². The molecule has 0 unspecified atom stereocenters. The fraction of sp³-hybridized carbons (Fsp3) is 0. The van der Waals surface area contributed by atoms with Crippen LogP contribution in [0.25, 0.3) is 10.9 Å². The number of hydrogen-bond acceptors (Lipinski definition) is 5. The van der Waals surface area contributed by atoms with E-state index in [1.807, 2.05) is 0 Å². The third kappa shape index (κ3) is 2.70. The lowest BCUT2D eigenvalue weighted by molar-refractivity contribution is 0.459. The number of aromatic nitrogens is 1. The number of nitrogens with one attached hydrogen (secondary N) is 1. The standard InChI is InChI=1S/C9H8N4O4S2/c10-9(18)13-12-7-5-3-4(19(15,16)17)1-2-6(5)11-8(7)14/h1-3,11,14H,(H2,10,18)(H,15,16,17). The minimum atomic E-state index is -4.35. The zero-order valence-electron chi connectivity index (χ0n) is 9.23. The number of fused-ring (bicyclic) bond motifs is 1. The smallest absolute Gasteiger partial charge is 0.294 e. The Labute approximate surface area is 112 Å². The molecule has 0 amide bonds. The third-order valence-electron chi connectivity index (χ3n) is 2.27. The van der Waals surface area contributed by atoms with Gasteiger partial charge >= 0.3 is 0 Å². The van der Waals surface area contributed by atoms with E-state index < -0.39 is 10.1 Å². The van der Waals surface area contributed by atoms with Crippen LogP contribution in [0.5, 0.6) is 5.88 Å². The van der Waals surface area contributed by atoms with Crippen molar-refractivity contribution in [1.29, 1.82) is 0 Å². The summed E-state index contributed by atoms with van der Waals surface area (Å²) in [5, 5.41) is 16.7. The van der Waals surface area contributed by atoms with Gasteiger partial charge in [-0.2, -0.15) is 8.42 Å². The van der Waals surface area contributed by atoms with Crippen molar-refractivity contribution in [3.05, 3.63) is 18.2 Å². The molecule has 8 nitrogen and oxygen atoms in total. The zero-order chi connectivity index (χ0) is 14.2. The second kappa shape index (κ2) is 4.57. The van der Waals surface area contributed by atoms with Gasteiger partial charge in [-0.3, -0.25) is 4.55 Å². The molecule has 0 bridgehead atoms. The summed E-state index contributed by atoms with van der Waals surface area (Å²) >= 11 is 4.51. The second-order valence-corrected chi connectivity index (χ2v) is 5.38. The van der Waals surface area contributed by atoms with Gasteiger partial charge in [0.05, 0.1) is 10.4 Å². The topological polar surface area (TPSA) is 141 Å². The Hall–Kier alpha value is -2.04. The molecule has 2 aromatic rings. The highest BCUT2D eigenvalue weighted by molar-refractivity contribution is 7.85. The van der Waals surface area contributed by atoms with Gasteiger partial charge in [-0.1, -0.05) is 0 Å². The maximum absolute atomic E-state index is 11.0. The molecule has 19 heavy (non-hydrogen) atoms. The second-order valence-electron chi connectivity index (χ2n) is 3.54. The molecule has 0 atom stereocenters. The molecule has 0 spiro atoms. The third-order valence-corrected chi connectivity index (χ3v) is 3.20. The number of aromatic hydroxyl groups is 1. The van der Waals surface area contributed by atoms with Crippen LogP contribution in [0.15, 0.2) is 33.3 Å². The number of thiocarbonyl (C=S) groups is 1. The van der Waals surface area contributed by atoms with Crippen molar-refractivity contribution in [3.63, 3.8) is 0 Å². The summed E-state index contributed by atoms with van der Waals surface area (Å²) < 4.78 is 31.1. The van der Waals surface area contributed by atoms with Crippen LogP contribution in [0, 0.1) is 0 Å². The molecular formula is C9H8N4O4S2. The SMILES string of the molecule is NC(=S)N=Nc1c(O)[nH]c2ccc(S(=O)(=O)O)cc12. The average Bonchev–Trinajstić information content (AvgIpc) is 2.59. The first-order valence-corrected chi connectivity index (χ1v) is 6.67. The number of benzene rings is 1. The number of azo groups is 1. The Kier molecular flexibility index (Phi) is 3.22. The molecule has 0 saturated carbocycles. The predicted molar refractivity (Wildman–Crippen MR) is 71.1 cm³/mol. The van der Waals surface area contributed by atoms with E-state index in [2.05, 4.69) is 27.4 Å². The molecule has 0 aliphatic rings. The van der Waals surface area contributed by atoms with Crippen LogP contribution < -0.4 is 5.73 Å². The summed E-state index contributed by atoms with van der Waals surface area (Å²) in [6, 6.07) is 3.70. The van der Waals surface area contributed by atoms with E-state index in [0.717, 1.165) is 6.07 Å². The first kappa shape index (κ1) is 13.4. The highest BCUT2D eigenvalue weighted by atomic mass is 32.2. The molecule has 1 aromatic carbocycles. The van der Waals surface area contributed by atoms with Crippen LogP contribution in [0.1, 0.15) is 0 Å². The summed E-state index contributed by atoms with van der Waals surface area (Å²) in [6.45, 7) is 0. The molecule has 1 aromatic heterocycles. The van der Waals surface area contributed by atoms with Crippen LogP contribution in [-0.2, 0) is 10.1 Å². The fourth-order valence-corrected chi connectivity index (χ4v) is 2.05. The van der Waals surface area contributed by atoms with E-state index in [-0.39, 0.29) is 27.0 Å². The van der Waals surface area contributed by atoms with Crippen molar-refractivity contribution in [3.8, 4) is 5.88 Å². The molecule has 0 aliphatic heterocycles. The van der Waals surface area contributed by atoms with E-state index in [9.17, 15) is 13.5 Å². The van der Waals surface area contributed by atoms with Gasteiger partial charge in [-0.15, -0.1) is 10.2 Å². The van der Waals surface area contributed by atoms with Gasteiger partial charge in [-0.05, 0) is 30.4 Å². The monoisotopic (exact) mass is 300 g/mol. The molecule has 100 valence electrons. The summed E-state index contributed by atoms with van der Waals surface area (Å²) in [7, 11) is -4.35. The number of hydrogen-bond donors (Lipinski definition) is 4. The maximum Gasteiger partial charge on any atom is 0.294 e. The van der Waals surface area contributed by atoms with E-state index in [0.29, 0.717) is 5.52 Å². The molecule has 2 rings (SSSR count). The Bertz CT molecular complexity index is 794. The van der Waals surface area contributed by atoms with Crippen molar-refractivity contribution in [1.82, 2.24) is 4.98 Å². The largest absolute Gasteiger partial charge is 0.493 e. The summed E-state index contributed by atoms with van der Waals surface area (Å²) in [6.07, 6.45) is 0. The van der Waals surface area contributed by atoms with Crippen molar-refractivity contribution in [2.45, 2.75) is 4.90 Å². The molecule has 0 saturated heterocycles. The molecule has 0 fully saturated rings. The highest BCUT2D eigenvalue weighted by Gasteiger charge is 2.15. The lowest BCUT2D eigenvalue weighted by Crippen LogP contribution is -2.01. The summed E-state index contributed by atoms with van der Waals surface area (Å²) in [5.41, 5.74) is 5.54. The number of aromatic amines is 1. The molecule has 10 heteroatoms. The van der Waals surface area contributed by atoms with Gasteiger partial charge in [0.1, 0.15) is 0 Å². The molecule has 0 aliphatic carbocycles. The maximum atomic E-state index is 11.0. The zero-order valence-corrected chi connectivity index (χ0v) is 10.9. The van der Waals surface area contributed by atoms with Gasteiger partial charge < -0.3 is 15.8 Å². The molecule has 5 N–H and O–H groups in total. The Balaban J connectivity index is 2.70. The molecule has 0 radical (unpaired) electrons. The predicted octanol–water partition coefficient (Wildman–Crippen LogP) is 1.45. The fourth-order valence-electron chi connectivity index (χ4n) is 1.50. The van der Waals surface area contributed by atoms with Crippen molar-refractivity contribution in [2.75, 3.05) is 0 Å². The number of rotatable bonds is 2. The Morgan fingerprint density at radius 3 is 2.68 bits per heavy atom. The van der Waals surface area contributed by atoms with Gasteiger partial charge in [0, 0.05) is 5.39 Å². The minimum Gasteiger partial charge on any atom is -0.493 e. The minimum absolute atomic E-state index is 0.0201. The lowest BCUT2D eigenvalue weighted by atomic mass is 10.2. The summed E-state index contributed by atoms with van der Waals surface area (Å²) in [5.74, 6) is -0.317. The Morgan fingerprint density at radius 1 is 1.42 bits per heavy atom. The quantitative estimate of drug-likeness (QED) is 0.376. The lowest BCUT2D eigenvalue weighted by Gasteiger charge is -1.97. The van der Waals surface area contributed by atoms with Crippen LogP contribution >= 0.6 is 12.2 Å². The van der Waals surface area contributed by atoms with Crippen molar-refractivity contribution >= 4 is 44.0 Å². The van der Waals surface area contributed by atoms with Crippen molar-refractivity contribution in [2.24, 2.45) is 16.0 Å². The van der Waals surface area contributed by atoms with Gasteiger partial charge in [0.15, 0.2) is 5.69 Å². The van der Waals surface area contributed by atoms with Gasteiger partial charge in [0.25, 0.3) is 10.1 Å². The first-order valence-electron chi connectivity index (χ1n) is 4.82. The van der Waals surface area contributed by atoms with E-state index >= 15 is 0 Å². The molecular weight excluding hydrogens is 292 g/mol. The van der Waals surface area contributed by atoms with E-state index in [1.165, 1.54) is 12.1 Å². The Morgan fingerprint density at radius 2 is 2.11 bits per heavy atom. The molecule has 1 heterocycles. The summed E-state index contributed by atoms with van der Waals surface area (Å²) in [4.78, 5) is 2.24. The normalized spacial score (nSPS) is 12.3. The van der Waals surface area contributed by atoms with Gasteiger partial charge in [0.2, 0.25) is 11.0 Å². The average molecular weight is 300 g/mol.